The number of aromatic nitrogens is 1. The summed E-state index contributed by atoms with van der Waals surface area (Å²) in [6, 6.07) is 4.26. The Morgan fingerprint density at radius 1 is 1.09 bits per heavy atom. The molecule has 2 saturated heterocycles. The van der Waals surface area contributed by atoms with Gasteiger partial charge in [-0.25, -0.2) is 0 Å². The van der Waals surface area contributed by atoms with E-state index in [0.29, 0.717) is 47.5 Å². The van der Waals surface area contributed by atoms with Crippen LogP contribution in [0.1, 0.15) is 34.1 Å². The number of H-pyrrole nitrogens is 1. The van der Waals surface area contributed by atoms with E-state index in [1.54, 1.807) is 18.2 Å². The average Bonchev–Trinajstić information content (AvgIpc) is 3.20. The van der Waals surface area contributed by atoms with E-state index in [0.717, 1.165) is 30.0 Å². The highest BCUT2D eigenvalue weighted by Gasteiger charge is 2.46. The summed E-state index contributed by atoms with van der Waals surface area (Å²) in [5.41, 5.74) is 3.68. The molecule has 2 fully saturated rings. The van der Waals surface area contributed by atoms with Crippen LogP contribution in [0.15, 0.2) is 23.8 Å². The van der Waals surface area contributed by atoms with Crippen LogP contribution in [-0.2, 0) is 14.3 Å². The van der Waals surface area contributed by atoms with Gasteiger partial charge in [-0.15, -0.1) is 0 Å². The molecule has 2 aliphatic rings. The third kappa shape index (κ3) is 4.43. The minimum Gasteiger partial charge on any atom is -0.507 e. The maximum absolute atomic E-state index is 13.2. The highest BCUT2D eigenvalue weighted by molar-refractivity contribution is 6.47. The van der Waals surface area contributed by atoms with E-state index < -0.39 is 17.7 Å². The van der Waals surface area contributed by atoms with Gasteiger partial charge in [0, 0.05) is 43.1 Å². The van der Waals surface area contributed by atoms with Crippen molar-refractivity contribution in [1.82, 2.24) is 14.8 Å². The first kappa shape index (κ1) is 23.8. The van der Waals surface area contributed by atoms with E-state index in [2.05, 4.69) is 9.88 Å². The monoisotopic (exact) mass is 491 g/mol. The molecule has 4 rings (SSSR count). The molecular weight excluding hydrogens is 465 g/mol. The van der Waals surface area contributed by atoms with E-state index in [-0.39, 0.29) is 11.3 Å². The minimum absolute atomic E-state index is 0.0607. The van der Waals surface area contributed by atoms with Gasteiger partial charge < -0.3 is 19.7 Å². The van der Waals surface area contributed by atoms with Gasteiger partial charge in [0.15, 0.2) is 0 Å². The molecule has 1 aromatic heterocycles. The van der Waals surface area contributed by atoms with Crippen LogP contribution in [0.3, 0.4) is 0 Å². The second kappa shape index (κ2) is 9.50. The first-order valence-electron chi connectivity index (χ1n) is 10.9. The number of amides is 1. The summed E-state index contributed by atoms with van der Waals surface area (Å²) in [6.07, 6.45) is 0. The van der Waals surface area contributed by atoms with Crippen molar-refractivity contribution in [1.29, 1.82) is 0 Å². The van der Waals surface area contributed by atoms with Crippen molar-refractivity contribution in [3.05, 3.63) is 61.9 Å². The van der Waals surface area contributed by atoms with Crippen LogP contribution in [0.5, 0.6) is 0 Å². The Labute approximate surface area is 202 Å². The normalized spacial score (nSPS) is 21.2. The molecule has 33 heavy (non-hydrogen) atoms. The zero-order valence-corrected chi connectivity index (χ0v) is 20.4. The minimum atomic E-state index is -0.769. The number of Topliss-reactive ketones (excluding diaryl/α,β-unsaturated/α-hetero) is 1. The summed E-state index contributed by atoms with van der Waals surface area (Å²) in [5, 5.41) is 12.0. The number of ketones is 1. The highest BCUT2D eigenvalue weighted by atomic mass is 35.5. The number of nitrogens with one attached hydrogen (secondary N) is 1. The SMILES string of the molecule is Cc1[nH]c(C)c(/C(O)=C2\C(=O)C(=O)N(CCN3CCOCC3)C2c2ccc(Cl)c(Cl)c2)c1C. The van der Waals surface area contributed by atoms with Gasteiger partial charge in [0.2, 0.25) is 0 Å². The van der Waals surface area contributed by atoms with Gasteiger partial charge in [0.1, 0.15) is 5.76 Å². The molecule has 1 unspecified atom stereocenters. The van der Waals surface area contributed by atoms with Gasteiger partial charge in [-0.1, -0.05) is 29.3 Å². The van der Waals surface area contributed by atoms with Gasteiger partial charge in [0.25, 0.3) is 11.7 Å². The highest BCUT2D eigenvalue weighted by Crippen LogP contribution is 2.42. The number of aryl methyl sites for hydroxylation is 2. The number of hydrogen-bond donors (Lipinski definition) is 2. The van der Waals surface area contributed by atoms with Crippen LogP contribution in [0.25, 0.3) is 5.76 Å². The largest absolute Gasteiger partial charge is 0.507 e. The summed E-state index contributed by atoms with van der Waals surface area (Å²) in [4.78, 5) is 33.3. The summed E-state index contributed by atoms with van der Waals surface area (Å²) in [5.74, 6) is -1.52. The number of morpholine rings is 1. The third-order valence-corrected chi connectivity index (χ3v) is 7.22. The molecule has 0 radical (unpaired) electrons. The molecule has 0 spiro atoms. The maximum Gasteiger partial charge on any atom is 0.295 e. The van der Waals surface area contributed by atoms with Gasteiger partial charge >= 0.3 is 0 Å². The summed E-state index contributed by atoms with van der Waals surface area (Å²) in [7, 11) is 0. The lowest BCUT2D eigenvalue weighted by molar-refractivity contribution is -0.140. The summed E-state index contributed by atoms with van der Waals surface area (Å²) < 4.78 is 5.40. The number of carbonyl (C=O) groups is 2. The molecular formula is C24H27Cl2N3O4. The molecule has 9 heteroatoms. The maximum atomic E-state index is 13.2. The molecule has 0 aliphatic carbocycles. The van der Waals surface area contributed by atoms with Crippen LogP contribution in [0.4, 0.5) is 0 Å². The molecule has 7 nitrogen and oxygen atoms in total. The Kier molecular flexibility index (Phi) is 6.86. The van der Waals surface area contributed by atoms with Gasteiger partial charge in [-0.3, -0.25) is 14.5 Å². The Morgan fingerprint density at radius 3 is 2.39 bits per heavy atom. The van der Waals surface area contributed by atoms with Crippen molar-refractivity contribution in [3.63, 3.8) is 0 Å². The van der Waals surface area contributed by atoms with E-state index in [9.17, 15) is 14.7 Å². The molecule has 2 N–H and O–H groups in total. The van der Waals surface area contributed by atoms with Crippen molar-refractivity contribution in [3.8, 4) is 0 Å². The van der Waals surface area contributed by atoms with Crippen LogP contribution < -0.4 is 0 Å². The predicted molar refractivity (Wildman–Crippen MR) is 128 cm³/mol. The van der Waals surface area contributed by atoms with E-state index in [4.69, 9.17) is 27.9 Å². The number of hydrogen-bond acceptors (Lipinski definition) is 5. The fourth-order valence-electron chi connectivity index (χ4n) is 4.61. The van der Waals surface area contributed by atoms with Crippen molar-refractivity contribution in [2.24, 2.45) is 0 Å². The number of nitrogens with zero attached hydrogens (tertiary/aromatic N) is 2. The number of halogens is 2. The molecule has 1 amide bonds. The number of rotatable bonds is 5. The Hall–Kier alpha value is -2.32. The smallest absolute Gasteiger partial charge is 0.295 e. The Bertz CT molecular complexity index is 1130. The zero-order chi connectivity index (χ0) is 23.9. The van der Waals surface area contributed by atoms with E-state index in [1.165, 1.54) is 4.90 Å². The van der Waals surface area contributed by atoms with Crippen molar-refractivity contribution in [2.45, 2.75) is 26.8 Å². The number of likely N-dealkylation sites (tertiary alicyclic amines) is 1. The number of ether oxygens (including phenoxy) is 1. The van der Waals surface area contributed by atoms with Crippen LogP contribution in [-0.4, -0.2) is 71.0 Å². The molecule has 3 heterocycles. The third-order valence-electron chi connectivity index (χ3n) is 6.48. The first-order chi connectivity index (χ1) is 15.7. The van der Waals surface area contributed by atoms with Crippen molar-refractivity contribution >= 4 is 40.7 Å². The van der Waals surface area contributed by atoms with E-state index >= 15 is 0 Å². The lowest BCUT2D eigenvalue weighted by Gasteiger charge is -2.31. The standard InChI is InChI=1S/C24H27Cl2N3O4/c1-13-14(2)27-15(3)19(13)22(30)20-21(16-4-5-17(25)18(26)12-16)29(24(32)23(20)31)7-6-28-8-10-33-11-9-28/h4-5,12,21,27,30H,6-11H2,1-3H3/b22-20+. The molecule has 1 aromatic carbocycles. The number of carbonyl (C=O) groups excluding carboxylic acids is 2. The Morgan fingerprint density at radius 2 is 1.79 bits per heavy atom. The summed E-state index contributed by atoms with van der Waals surface area (Å²) in [6.45, 7) is 9.34. The average molecular weight is 492 g/mol. The number of aliphatic hydroxyl groups is 1. The number of benzene rings is 1. The van der Waals surface area contributed by atoms with E-state index in [1.807, 2.05) is 20.8 Å². The molecule has 1 atom stereocenters. The van der Waals surface area contributed by atoms with Gasteiger partial charge in [0.05, 0.1) is 34.9 Å². The second-order valence-corrected chi connectivity index (χ2v) is 9.31. The summed E-state index contributed by atoms with van der Waals surface area (Å²) >= 11 is 12.4. The fourth-order valence-corrected chi connectivity index (χ4v) is 4.92. The lowest BCUT2D eigenvalue weighted by Crippen LogP contribution is -2.42. The molecule has 0 saturated carbocycles. The van der Waals surface area contributed by atoms with Crippen molar-refractivity contribution < 1.29 is 19.4 Å². The quantitative estimate of drug-likeness (QED) is 0.375. The van der Waals surface area contributed by atoms with Crippen LogP contribution >= 0.6 is 23.2 Å². The van der Waals surface area contributed by atoms with Crippen LogP contribution in [0.2, 0.25) is 10.0 Å². The zero-order valence-electron chi connectivity index (χ0n) is 18.9. The lowest BCUT2D eigenvalue weighted by atomic mass is 9.94. The fraction of sp³-hybridized carbons (Fsp3) is 0.417. The molecule has 0 bridgehead atoms. The predicted octanol–water partition coefficient (Wildman–Crippen LogP) is 4.00. The second-order valence-electron chi connectivity index (χ2n) is 8.50. The topological polar surface area (TPSA) is 85.9 Å². The van der Waals surface area contributed by atoms with Gasteiger partial charge in [-0.05, 0) is 44.0 Å². The van der Waals surface area contributed by atoms with Crippen molar-refractivity contribution in [2.75, 3.05) is 39.4 Å². The van der Waals surface area contributed by atoms with Crippen LogP contribution in [0, 0.1) is 20.8 Å². The molecule has 2 aromatic rings. The molecule has 176 valence electrons. The van der Waals surface area contributed by atoms with Gasteiger partial charge in [-0.2, -0.15) is 0 Å². The molecule has 2 aliphatic heterocycles. The number of aromatic amines is 1. The Balaban J connectivity index is 1.80. The number of aliphatic hydroxyl groups excluding tert-OH is 1. The first-order valence-corrected chi connectivity index (χ1v) is 11.7.